The van der Waals surface area contributed by atoms with Crippen molar-refractivity contribution in [3.05, 3.63) is 93.7 Å². The van der Waals surface area contributed by atoms with Crippen molar-refractivity contribution in [1.82, 2.24) is 15.0 Å². The maximum absolute atomic E-state index is 13.2. The highest BCUT2D eigenvalue weighted by Crippen LogP contribution is 2.22. The molecule has 4 aromatic rings. The highest BCUT2D eigenvalue weighted by atomic mass is 35.5. The second-order valence-electron chi connectivity index (χ2n) is 6.88. The minimum absolute atomic E-state index is 0.0428. The van der Waals surface area contributed by atoms with Gasteiger partial charge in [-0.2, -0.15) is 5.10 Å². The smallest absolute Gasteiger partial charge is 0.266 e. The molecule has 33 heavy (non-hydrogen) atoms. The molecule has 1 N–H and O–H groups in total. The molecule has 1 heterocycles. The Morgan fingerprint density at radius 2 is 1.82 bits per heavy atom. The van der Waals surface area contributed by atoms with Crippen molar-refractivity contribution < 1.29 is 4.79 Å². The number of rotatable bonds is 7. The van der Waals surface area contributed by atoms with Crippen LogP contribution in [0, 0.1) is 0 Å². The van der Waals surface area contributed by atoms with Crippen LogP contribution in [-0.2, 0) is 4.79 Å². The van der Waals surface area contributed by atoms with E-state index in [-0.39, 0.29) is 17.2 Å². The molecule has 166 valence electrons. The predicted molar refractivity (Wildman–Crippen MR) is 137 cm³/mol. The molecule has 0 saturated heterocycles. The van der Waals surface area contributed by atoms with Gasteiger partial charge in [-0.25, -0.2) is 10.4 Å². The number of nitrogens with zero attached hydrogens (tertiary/aromatic N) is 3. The number of benzene rings is 3. The SMILES string of the molecule is CSc1ccc(C=NNC(=O)CSc2nc3ccccc3c(=O)n2-c2ccc(Cl)cc2)cc1. The van der Waals surface area contributed by atoms with Gasteiger partial charge in [-0.3, -0.25) is 14.2 Å². The second kappa shape index (κ2) is 10.7. The number of amides is 1. The summed E-state index contributed by atoms with van der Waals surface area (Å²) in [5.41, 5.74) is 4.39. The zero-order valence-corrected chi connectivity index (χ0v) is 20.0. The molecule has 0 spiro atoms. The number of aromatic nitrogens is 2. The van der Waals surface area contributed by atoms with Crippen molar-refractivity contribution in [1.29, 1.82) is 0 Å². The largest absolute Gasteiger partial charge is 0.272 e. The predicted octanol–water partition coefficient (Wildman–Crippen LogP) is 5.00. The van der Waals surface area contributed by atoms with Gasteiger partial charge in [-0.15, -0.1) is 11.8 Å². The van der Waals surface area contributed by atoms with E-state index in [9.17, 15) is 9.59 Å². The molecule has 4 rings (SSSR count). The molecule has 1 amide bonds. The molecule has 0 aliphatic carbocycles. The Balaban J connectivity index is 1.53. The van der Waals surface area contributed by atoms with Crippen LogP contribution in [0.25, 0.3) is 16.6 Å². The van der Waals surface area contributed by atoms with Gasteiger partial charge in [-0.1, -0.05) is 47.6 Å². The van der Waals surface area contributed by atoms with E-state index in [2.05, 4.69) is 15.5 Å². The van der Waals surface area contributed by atoms with Gasteiger partial charge in [-0.05, 0) is 60.4 Å². The lowest BCUT2D eigenvalue weighted by Gasteiger charge is -2.13. The molecule has 1 aromatic heterocycles. The first-order valence-electron chi connectivity index (χ1n) is 9.91. The number of hydrogen-bond donors (Lipinski definition) is 1. The van der Waals surface area contributed by atoms with E-state index in [1.54, 1.807) is 60.4 Å². The topological polar surface area (TPSA) is 76.3 Å². The summed E-state index contributed by atoms with van der Waals surface area (Å²) in [5, 5.41) is 5.49. The van der Waals surface area contributed by atoms with Crippen LogP contribution in [0.4, 0.5) is 0 Å². The van der Waals surface area contributed by atoms with E-state index < -0.39 is 0 Å². The summed E-state index contributed by atoms with van der Waals surface area (Å²) in [5.74, 6) is -0.261. The minimum atomic E-state index is -0.304. The van der Waals surface area contributed by atoms with E-state index in [1.807, 2.05) is 36.6 Å². The Hall–Kier alpha value is -3.07. The summed E-state index contributed by atoms with van der Waals surface area (Å²) >= 11 is 8.83. The van der Waals surface area contributed by atoms with Gasteiger partial charge in [0.05, 0.1) is 28.6 Å². The van der Waals surface area contributed by atoms with Crippen LogP contribution in [0.2, 0.25) is 5.02 Å². The number of para-hydroxylation sites is 1. The number of carbonyl (C=O) groups is 1. The quantitative estimate of drug-likeness (QED) is 0.169. The Morgan fingerprint density at radius 3 is 2.55 bits per heavy atom. The van der Waals surface area contributed by atoms with E-state index >= 15 is 0 Å². The van der Waals surface area contributed by atoms with E-state index in [0.29, 0.717) is 26.8 Å². The van der Waals surface area contributed by atoms with Crippen LogP contribution in [0.1, 0.15) is 5.56 Å². The third-order valence-corrected chi connectivity index (χ3v) is 6.61. The first-order valence-corrected chi connectivity index (χ1v) is 12.5. The normalized spacial score (nSPS) is 11.2. The van der Waals surface area contributed by atoms with E-state index in [4.69, 9.17) is 11.6 Å². The number of carbonyl (C=O) groups excluding carboxylic acids is 1. The lowest BCUT2D eigenvalue weighted by atomic mass is 10.2. The summed E-state index contributed by atoms with van der Waals surface area (Å²) in [4.78, 5) is 31.3. The number of nitrogens with one attached hydrogen (secondary N) is 1. The van der Waals surface area contributed by atoms with Gasteiger partial charge in [0.25, 0.3) is 11.5 Å². The zero-order valence-electron chi connectivity index (χ0n) is 17.6. The summed E-state index contributed by atoms with van der Waals surface area (Å²) in [7, 11) is 0. The zero-order chi connectivity index (χ0) is 23.2. The van der Waals surface area contributed by atoms with Crippen LogP contribution in [-0.4, -0.2) is 33.7 Å². The Morgan fingerprint density at radius 1 is 1.09 bits per heavy atom. The standard InChI is InChI=1S/C24H19ClN4O2S2/c1-32-19-12-6-16(7-13-19)14-26-28-22(30)15-33-24-27-21-5-3-2-4-20(21)23(31)29(24)18-10-8-17(25)9-11-18/h2-14H,15H2,1H3,(H,28,30). The summed E-state index contributed by atoms with van der Waals surface area (Å²) < 4.78 is 1.49. The van der Waals surface area contributed by atoms with Crippen molar-refractivity contribution in [3.63, 3.8) is 0 Å². The van der Waals surface area contributed by atoms with Crippen molar-refractivity contribution in [2.75, 3.05) is 12.0 Å². The molecule has 0 aliphatic heterocycles. The van der Waals surface area contributed by atoms with Crippen LogP contribution >= 0.6 is 35.1 Å². The molecule has 0 bridgehead atoms. The van der Waals surface area contributed by atoms with Gasteiger partial charge < -0.3 is 0 Å². The summed E-state index contributed by atoms with van der Waals surface area (Å²) in [6, 6.07) is 21.9. The van der Waals surface area contributed by atoms with Gasteiger partial charge in [0.2, 0.25) is 0 Å². The number of hydrogen-bond acceptors (Lipinski definition) is 6. The van der Waals surface area contributed by atoms with Crippen LogP contribution in [0.3, 0.4) is 0 Å². The number of thioether (sulfide) groups is 2. The van der Waals surface area contributed by atoms with E-state index in [0.717, 1.165) is 22.2 Å². The van der Waals surface area contributed by atoms with Crippen LogP contribution in [0.5, 0.6) is 0 Å². The fourth-order valence-corrected chi connectivity index (χ4v) is 4.40. The number of hydrazone groups is 1. The fraction of sp³-hybridized carbons (Fsp3) is 0.0833. The van der Waals surface area contributed by atoms with Gasteiger partial charge >= 0.3 is 0 Å². The third-order valence-electron chi connectivity index (χ3n) is 4.68. The number of halogens is 1. The monoisotopic (exact) mass is 494 g/mol. The van der Waals surface area contributed by atoms with Crippen LogP contribution < -0.4 is 11.0 Å². The van der Waals surface area contributed by atoms with Gasteiger partial charge in [0, 0.05) is 9.92 Å². The summed E-state index contributed by atoms with van der Waals surface area (Å²) in [6.45, 7) is 0. The molecule has 0 radical (unpaired) electrons. The highest BCUT2D eigenvalue weighted by Gasteiger charge is 2.14. The Bertz CT molecular complexity index is 1370. The summed E-state index contributed by atoms with van der Waals surface area (Å²) in [6.07, 6.45) is 3.60. The minimum Gasteiger partial charge on any atom is -0.272 e. The maximum Gasteiger partial charge on any atom is 0.266 e. The lowest BCUT2D eigenvalue weighted by Crippen LogP contribution is -2.24. The van der Waals surface area contributed by atoms with Crippen LogP contribution in [0.15, 0.2) is 92.7 Å². The molecule has 0 fully saturated rings. The van der Waals surface area contributed by atoms with Crippen molar-refractivity contribution in [2.45, 2.75) is 10.1 Å². The number of fused-ring (bicyclic) bond motifs is 1. The Kier molecular flexibility index (Phi) is 7.49. The average Bonchev–Trinajstić information content (AvgIpc) is 2.84. The highest BCUT2D eigenvalue weighted by molar-refractivity contribution is 7.99. The Labute approximate surface area is 204 Å². The van der Waals surface area contributed by atoms with Crippen molar-refractivity contribution >= 4 is 58.1 Å². The maximum atomic E-state index is 13.2. The molecule has 6 nitrogen and oxygen atoms in total. The molecule has 0 unspecified atom stereocenters. The van der Waals surface area contributed by atoms with E-state index in [1.165, 1.54) is 4.57 Å². The molecular weight excluding hydrogens is 476 g/mol. The second-order valence-corrected chi connectivity index (χ2v) is 9.14. The first kappa shape index (κ1) is 23.1. The molecule has 0 saturated carbocycles. The molecular formula is C24H19ClN4O2S2. The van der Waals surface area contributed by atoms with Crippen molar-refractivity contribution in [2.24, 2.45) is 5.10 Å². The fourth-order valence-electron chi connectivity index (χ4n) is 3.06. The lowest BCUT2D eigenvalue weighted by molar-refractivity contribution is -0.118. The first-order chi connectivity index (χ1) is 16.0. The van der Waals surface area contributed by atoms with Crippen molar-refractivity contribution in [3.8, 4) is 5.69 Å². The molecule has 0 atom stereocenters. The third kappa shape index (κ3) is 5.65. The average molecular weight is 495 g/mol. The van der Waals surface area contributed by atoms with Gasteiger partial charge in [0.1, 0.15) is 0 Å². The molecule has 0 aliphatic rings. The van der Waals surface area contributed by atoms with Gasteiger partial charge in [0.15, 0.2) is 5.16 Å². The molecule has 9 heteroatoms. The molecule has 3 aromatic carbocycles.